The summed E-state index contributed by atoms with van der Waals surface area (Å²) in [5.41, 5.74) is 6.10. The van der Waals surface area contributed by atoms with E-state index in [0.29, 0.717) is 18.7 Å². The molecule has 0 spiro atoms. The zero-order valence-corrected chi connectivity index (χ0v) is 11.9. The van der Waals surface area contributed by atoms with Crippen LogP contribution in [-0.4, -0.2) is 36.9 Å². The van der Waals surface area contributed by atoms with Crippen molar-refractivity contribution in [2.45, 2.75) is 25.5 Å². The number of rotatable bonds is 8. The maximum atomic E-state index is 11.6. The third-order valence-electron chi connectivity index (χ3n) is 2.82. The first-order chi connectivity index (χ1) is 10.1. The number of hydrogen-bond donors (Lipinski definition) is 3. The molecule has 0 radical (unpaired) electrons. The Morgan fingerprint density at radius 1 is 1.33 bits per heavy atom. The Morgan fingerprint density at radius 2 is 2.00 bits per heavy atom. The highest BCUT2D eigenvalue weighted by Gasteiger charge is 2.19. The fourth-order valence-corrected chi connectivity index (χ4v) is 1.63. The van der Waals surface area contributed by atoms with Crippen molar-refractivity contribution in [1.82, 2.24) is 5.32 Å². The molecule has 1 aromatic rings. The van der Waals surface area contributed by atoms with Gasteiger partial charge in [-0.25, -0.2) is 9.59 Å². The number of ether oxygens (including phenoxy) is 2. The van der Waals surface area contributed by atoms with E-state index in [9.17, 15) is 9.59 Å². The SMILES string of the molecule is COc1ccc(COC(=O)N[C@@H](CCCN)C(=O)O)cc1. The molecule has 0 saturated heterocycles. The van der Waals surface area contributed by atoms with Crippen molar-refractivity contribution < 1.29 is 24.2 Å². The molecule has 0 aliphatic heterocycles. The molecule has 0 saturated carbocycles. The van der Waals surface area contributed by atoms with Crippen LogP contribution < -0.4 is 15.8 Å². The molecule has 0 aliphatic rings. The largest absolute Gasteiger partial charge is 0.497 e. The summed E-state index contributed by atoms with van der Waals surface area (Å²) in [5, 5.41) is 11.3. The van der Waals surface area contributed by atoms with E-state index in [4.69, 9.17) is 20.3 Å². The standard InChI is InChI=1S/C14H20N2O5/c1-20-11-6-4-10(5-7-11)9-21-14(19)16-12(13(17)18)3-2-8-15/h4-7,12H,2-3,8-9,15H2,1H3,(H,16,19)(H,17,18)/t12-/m0/s1. The van der Waals surface area contributed by atoms with E-state index in [2.05, 4.69) is 5.32 Å². The number of carbonyl (C=O) groups is 2. The van der Waals surface area contributed by atoms with E-state index in [1.807, 2.05) is 0 Å². The number of nitrogens with one attached hydrogen (secondary N) is 1. The highest BCUT2D eigenvalue weighted by Crippen LogP contribution is 2.12. The van der Waals surface area contributed by atoms with Gasteiger partial charge in [-0.3, -0.25) is 0 Å². The Balaban J connectivity index is 2.42. The molecule has 7 heteroatoms. The maximum absolute atomic E-state index is 11.6. The van der Waals surface area contributed by atoms with Gasteiger partial charge in [-0.1, -0.05) is 12.1 Å². The zero-order valence-electron chi connectivity index (χ0n) is 11.9. The highest BCUT2D eigenvalue weighted by atomic mass is 16.5. The molecule has 0 heterocycles. The predicted molar refractivity (Wildman–Crippen MR) is 76.0 cm³/mol. The van der Waals surface area contributed by atoms with Crippen molar-refractivity contribution in [2.75, 3.05) is 13.7 Å². The fraction of sp³-hybridized carbons (Fsp3) is 0.429. The molecule has 1 atom stereocenters. The van der Waals surface area contributed by atoms with Crippen molar-refractivity contribution in [3.05, 3.63) is 29.8 Å². The van der Waals surface area contributed by atoms with Crippen LogP contribution in [0.25, 0.3) is 0 Å². The van der Waals surface area contributed by atoms with Gasteiger partial charge in [0, 0.05) is 0 Å². The minimum Gasteiger partial charge on any atom is -0.497 e. The van der Waals surface area contributed by atoms with E-state index in [0.717, 1.165) is 5.56 Å². The lowest BCUT2D eigenvalue weighted by Crippen LogP contribution is -2.41. The molecule has 0 aromatic heterocycles. The molecule has 0 fully saturated rings. The summed E-state index contributed by atoms with van der Waals surface area (Å²) in [6.07, 6.45) is 0.00868. The van der Waals surface area contributed by atoms with Crippen LogP contribution >= 0.6 is 0 Å². The summed E-state index contributed by atoms with van der Waals surface area (Å²) >= 11 is 0. The van der Waals surface area contributed by atoms with Gasteiger partial charge in [-0.15, -0.1) is 0 Å². The second-order valence-corrected chi connectivity index (χ2v) is 4.39. The smallest absolute Gasteiger partial charge is 0.408 e. The van der Waals surface area contributed by atoms with Crippen molar-refractivity contribution in [1.29, 1.82) is 0 Å². The number of carboxylic acids is 1. The Kier molecular flexibility index (Phi) is 7.03. The predicted octanol–water partition coefficient (Wildman–Crippen LogP) is 1.11. The number of amides is 1. The molecule has 116 valence electrons. The molecule has 1 amide bonds. The molecule has 4 N–H and O–H groups in total. The van der Waals surface area contributed by atoms with Crippen LogP contribution in [0.5, 0.6) is 5.75 Å². The van der Waals surface area contributed by atoms with Crippen LogP contribution in [0, 0.1) is 0 Å². The van der Waals surface area contributed by atoms with Crippen LogP contribution in [-0.2, 0) is 16.1 Å². The van der Waals surface area contributed by atoms with Gasteiger partial charge < -0.3 is 25.6 Å². The minimum absolute atomic E-state index is 0.0546. The summed E-state index contributed by atoms with van der Waals surface area (Å²) in [4.78, 5) is 22.5. The highest BCUT2D eigenvalue weighted by molar-refractivity contribution is 5.79. The average molecular weight is 296 g/mol. The first kappa shape index (κ1) is 16.8. The quantitative estimate of drug-likeness (QED) is 0.662. The first-order valence-electron chi connectivity index (χ1n) is 6.56. The van der Waals surface area contributed by atoms with Gasteiger partial charge >= 0.3 is 12.1 Å². The molecule has 1 aromatic carbocycles. The van der Waals surface area contributed by atoms with Crippen LogP contribution in [0.1, 0.15) is 18.4 Å². The van der Waals surface area contributed by atoms with Crippen LogP contribution in [0.2, 0.25) is 0 Å². The Hall–Kier alpha value is -2.28. The lowest BCUT2D eigenvalue weighted by molar-refractivity contribution is -0.139. The average Bonchev–Trinajstić information content (AvgIpc) is 2.49. The first-order valence-corrected chi connectivity index (χ1v) is 6.56. The van der Waals surface area contributed by atoms with Crippen molar-refractivity contribution >= 4 is 12.1 Å². The molecule has 0 unspecified atom stereocenters. The summed E-state index contributed by atoms with van der Waals surface area (Å²) in [6, 6.07) is 6.03. The Bertz CT molecular complexity index is 461. The lowest BCUT2D eigenvalue weighted by Gasteiger charge is -2.14. The summed E-state index contributed by atoms with van der Waals surface area (Å²) in [5.74, 6) is -0.402. The van der Waals surface area contributed by atoms with E-state index in [1.54, 1.807) is 31.4 Å². The van der Waals surface area contributed by atoms with Crippen LogP contribution in [0.4, 0.5) is 4.79 Å². The third-order valence-corrected chi connectivity index (χ3v) is 2.82. The number of carboxylic acid groups (broad SMARTS) is 1. The topological polar surface area (TPSA) is 111 Å². The number of methoxy groups -OCH3 is 1. The summed E-state index contributed by atoms with van der Waals surface area (Å²) < 4.78 is 9.99. The normalized spacial score (nSPS) is 11.5. The fourth-order valence-electron chi connectivity index (χ4n) is 1.63. The molecule has 0 bridgehead atoms. The second kappa shape index (κ2) is 8.80. The zero-order chi connectivity index (χ0) is 15.7. The van der Waals surface area contributed by atoms with E-state index < -0.39 is 18.1 Å². The number of nitrogens with two attached hydrogens (primary N) is 1. The number of benzene rings is 1. The minimum atomic E-state index is -1.11. The van der Waals surface area contributed by atoms with Gasteiger partial charge in [0.2, 0.25) is 0 Å². The lowest BCUT2D eigenvalue weighted by atomic mass is 10.1. The molecule has 1 rings (SSSR count). The van der Waals surface area contributed by atoms with Gasteiger partial charge in [0.05, 0.1) is 7.11 Å². The molecule has 21 heavy (non-hydrogen) atoms. The number of aliphatic carboxylic acids is 1. The van der Waals surface area contributed by atoms with Crippen molar-refractivity contribution in [3.8, 4) is 5.75 Å². The van der Waals surface area contributed by atoms with E-state index in [1.165, 1.54) is 0 Å². The van der Waals surface area contributed by atoms with E-state index >= 15 is 0 Å². The number of carbonyl (C=O) groups excluding carboxylic acids is 1. The van der Waals surface area contributed by atoms with E-state index in [-0.39, 0.29) is 13.0 Å². The monoisotopic (exact) mass is 296 g/mol. The van der Waals surface area contributed by atoms with Gasteiger partial charge in [-0.05, 0) is 37.1 Å². The van der Waals surface area contributed by atoms with Crippen molar-refractivity contribution in [3.63, 3.8) is 0 Å². The Labute approximate surface area is 123 Å². The molecule has 0 aliphatic carbocycles. The Morgan fingerprint density at radius 3 is 2.52 bits per heavy atom. The molecular formula is C14H20N2O5. The summed E-state index contributed by atoms with van der Waals surface area (Å²) in [7, 11) is 1.56. The number of alkyl carbamates (subject to hydrolysis) is 1. The maximum Gasteiger partial charge on any atom is 0.408 e. The molecule has 7 nitrogen and oxygen atoms in total. The van der Waals surface area contributed by atoms with Crippen LogP contribution in [0.15, 0.2) is 24.3 Å². The van der Waals surface area contributed by atoms with Gasteiger partial charge in [0.15, 0.2) is 0 Å². The third kappa shape index (κ3) is 6.13. The van der Waals surface area contributed by atoms with Gasteiger partial charge in [0.1, 0.15) is 18.4 Å². The van der Waals surface area contributed by atoms with Crippen molar-refractivity contribution in [2.24, 2.45) is 5.73 Å². The number of hydrogen-bond acceptors (Lipinski definition) is 5. The molecular weight excluding hydrogens is 276 g/mol. The summed E-state index contributed by atoms with van der Waals surface area (Å²) in [6.45, 7) is 0.422. The second-order valence-electron chi connectivity index (χ2n) is 4.39. The van der Waals surface area contributed by atoms with Crippen LogP contribution in [0.3, 0.4) is 0 Å². The van der Waals surface area contributed by atoms with Gasteiger partial charge in [0.25, 0.3) is 0 Å². The van der Waals surface area contributed by atoms with Gasteiger partial charge in [-0.2, -0.15) is 0 Å².